The third kappa shape index (κ3) is 19.7. The smallest absolute Gasteiger partial charge is 0.219 e. The molecule has 1 rings (SSSR count). The van der Waals surface area contributed by atoms with Gasteiger partial charge in [0.15, 0.2) is 0 Å². The van der Waals surface area contributed by atoms with E-state index in [2.05, 4.69) is 12.2 Å². The van der Waals surface area contributed by atoms with Crippen LogP contribution < -0.4 is 10.1 Å². The Morgan fingerprint density at radius 2 is 1.24 bits per heavy atom. The number of nitrogens with one attached hydrogen (secondary N) is 1. The highest BCUT2D eigenvalue weighted by molar-refractivity contribution is 5.75. The molecule has 0 aliphatic carbocycles. The van der Waals surface area contributed by atoms with Gasteiger partial charge in [-0.05, 0) is 56.4 Å². The number of hydrogen-bond donors (Lipinski definition) is 2. The molecule has 5 heteroatoms. The molecular weight excluding hydrogens is 426 g/mol. The van der Waals surface area contributed by atoms with E-state index in [1.54, 1.807) is 24.3 Å². The first kappa shape index (κ1) is 30.3. The topological polar surface area (TPSA) is 67.8 Å². The highest BCUT2D eigenvalue weighted by Crippen LogP contribution is 2.16. The summed E-state index contributed by atoms with van der Waals surface area (Å²) in [4.78, 5) is 11.9. The standard InChI is InChI=1S/C29H51NO4/c1-2-3-4-15-24-33-25-16-12-13-18-29(32)30-23-14-10-8-6-5-7-9-11-17-26-34-28-21-19-27(31)20-22-28/h19-22,31H,2-18,23-26H2,1H3,(H,30,32). The van der Waals surface area contributed by atoms with Gasteiger partial charge in [-0.2, -0.15) is 0 Å². The van der Waals surface area contributed by atoms with E-state index in [-0.39, 0.29) is 11.7 Å². The van der Waals surface area contributed by atoms with Crippen LogP contribution in [0.5, 0.6) is 11.5 Å². The van der Waals surface area contributed by atoms with Crippen LogP contribution in [0, 0.1) is 0 Å². The van der Waals surface area contributed by atoms with Crippen molar-refractivity contribution in [1.82, 2.24) is 5.32 Å². The van der Waals surface area contributed by atoms with Crippen LogP contribution in [0.25, 0.3) is 0 Å². The Morgan fingerprint density at radius 3 is 1.88 bits per heavy atom. The number of benzene rings is 1. The number of phenolic OH excluding ortho intramolecular Hbond substituents is 1. The van der Waals surface area contributed by atoms with Crippen molar-refractivity contribution in [2.45, 2.75) is 116 Å². The molecule has 2 N–H and O–H groups in total. The zero-order valence-electron chi connectivity index (χ0n) is 21.8. The summed E-state index contributed by atoms with van der Waals surface area (Å²) in [6, 6.07) is 6.91. The summed E-state index contributed by atoms with van der Waals surface area (Å²) in [5.41, 5.74) is 0. The van der Waals surface area contributed by atoms with Crippen LogP contribution in [0.3, 0.4) is 0 Å². The zero-order chi connectivity index (χ0) is 24.5. The van der Waals surface area contributed by atoms with Gasteiger partial charge >= 0.3 is 0 Å². The van der Waals surface area contributed by atoms with Crippen molar-refractivity contribution in [3.05, 3.63) is 24.3 Å². The molecule has 5 nitrogen and oxygen atoms in total. The second-order valence-corrected chi connectivity index (χ2v) is 9.36. The predicted octanol–water partition coefficient (Wildman–Crippen LogP) is 7.56. The number of rotatable bonds is 24. The molecule has 0 saturated heterocycles. The Kier molecular flexibility index (Phi) is 20.5. The molecule has 1 amide bonds. The van der Waals surface area contributed by atoms with E-state index in [1.165, 1.54) is 70.6 Å². The van der Waals surface area contributed by atoms with Crippen molar-refractivity contribution in [3.63, 3.8) is 0 Å². The summed E-state index contributed by atoms with van der Waals surface area (Å²) in [7, 11) is 0. The van der Waals surface area contributed by atoms with Crippen molar-refractivity contribution in [2.24, 2.45) is 0 Å². The third-order valence-corrected chi connectivity index (χ3v) is 6.08. The molecule has 1 aromatic carbocycles. The average molecular weight is 478 g/mol. The second-order valence-electron chi connectivity index (χ2n) is 9.36. The first-order valence-corrected chi connectivity index (χ1v) is 14.0. The van der Waals surface area contributed by atoms with Gasteiger partial charge in [-0.25, -0.2) is 0 Å². The van der Waals surface area contributed by atoms with E-state index >= 15 is 0 Å². The Labute approximate surface area is 209 Å². The molecule has 0 aliphatic heterocycles. The number of ether oxygens (including phenoxy) is 2. The summed E-state index contributed by atoms with van der Waals surface area (Å²) in [6.45, 7) is 5.51. The number of hydrogen-bond acceptors (Lipinski definition) is 4. The van der Waals surface area contributed by atoms with E-state index < -0.39 is 0 Å². The third-order valence-electron chi connectivity index (χ3n) is 6.08. The van der Waals surface area contributed by atoms with E-state index in [9.17, 15) is 9.90 Å². The SMILES string of the molecule is CCCCCCOCCCCCC(=O)NCCCCCCCCCCCOc1ccc(O)cc1. The second kappa shape index (κ2) is 23.0. The highest BCUT2D eigenvalue weighted by atomic mass is 16.5. The van der Waals surface area contributed by atoms with Gasteiger partial charge in [-0.1, -0.05) is 77.6 Å². The van der Waals surface area contributed by atoms with E-state index in [0.29, 0.717) is 6.42 Å². The summed E-state index contributed by atoms with van der Waals surface area (Å²) in [5.74, 6) is 1.30. The summed E-state index contributed by atoms with van der Waals surface area (Å²) in [6.07, 6.45) is 19.8. The Hall–Kier alpha value is -1.75. The molecule has 1 aromatic rings. The van der Waals surface area contributed by atoms with E-state index in [0.717, 1.165) is 64.2 Å². The lowest BCUT2D eigenvalue weighted by Crippen LogP contribution is -2.23. The molecule has 0 spiro atoms. The van der Waals surface area contributed by atoms with Gasteiger partial charge in [0.05, 0.1) is 6.61 Å². The quantitative estimate of drug-likeness (QED) is 0.151. The number of carbonyl (C=O) groups is 1. The van der Waals surface area contributed by atoms with Gasteiger partial charge in [-0.3, -0.25) is 4.79 Å². The Balaban J connectivity index is 1.73. The molecule has 196 valence electrons. The first-order chi connectivity index (χ1) is 16.7. The van der Waals surface area contributed by atoms with Crippen LogP contribution in [0.1, 0.15) is 116 Å². The molecule has 0 bridgehead atoms. The number of amides is 1. The predicted molar refractivity (Wildman–Crippen MR) is 142 cm³/mol. The first-order valence-electron chi connectivity index (χ1n) is 14.0. The average Bonchev–Trinajstić information content (AvgIpc) is 2.84. The lowest BCUT2D eigenvalue weighted by molar-refractivity contribution is -0.121. The van der Waals surface area contributed by atoms with Crippen molar-refractivity contribution in [2.75, 3.05) is 26.4 Å². The molecular formula is C29H51NO4. The minimum absolute atomic E-state index is 0.204. The van der Waals surface area contributed by atoms with Crippen LogP contribution in [-0.2, 0) is 9.53 Å². The van der Waals surface area contributed by atoms with Crippen LogP contribution in [0.15, 0.2) is 24.3 Å². The number of carbonyl (C=O) groups excluding carboxylic acids is 1. The lowest BCUT2D eigenvalue weighted by atomic mass is 10.1. The fourth-order valence-electron chi connectivity index (χ4n) is 3.91. The van der Waals surface area contributed by atoms with Crippen molar-refractivity contribution in [3.8, 4) is 11.5 Å². The van der Waals surface area contributed by atoms with Gasteiger partial charge in [0.2, 0.25) is 5.91 Å². The maximum absolute atomic E-state index is 11.9. The summed E-state index contributed by atoms with van der Waals surface area (Å²) < 4.78 is 11.3. The van der Waals surface area contributed by atoms with Gasteiger partial charge in [0.1, 0.15) is 11.5 Å². The van der Waals surface area contributed by atoms with Crippen molar-refractivity contribution >= 4 is 5.91 Å². The normalized spacial score (nSPS) is 11.0. The molecule has 0 unspecified atom stereocenters. The number of unbranched alkanes of at least 4 members (excludes halogenated alkanes) is 13. The molecule has 0 atom stereocenters. The Morgan fingerprint density at radius 1 is 0.706 bits per heavy atom. The van der Waals surface area contributed by atoms with Crippen molar-refractivity contribution < 1.29 is 19.4 Å². The molecule has 0 fully saturated rings. The van der Waals surface area contributed by atoms with Crippen LogP contribution in [0.2, 0.25) is 0 Å². The van der Waals surface area contributed by atoms with E-state index in [1.807, 2.05) is 0 Å². The maximum Gasteiger partial charge on any atom is 0.219 e. The van der Waals surface area contributed by atoms with Gasteiger partial charge in [-0.15, -0.1) is 0 Å². The van der Waals surface area contributed by atoms with Gasteiger partial charge in [0.25, 0.3) is 0 Å². The minimum Gasteiger partial charge on any atom is -0.508 e. The van der Waals surface area contributed by atoms with Gasteiger partial charge in [0, 0.05) is 26.2 Å². The van der Waals surface area contributed by atoms with Crippen LogP contribution >= 0.6 is 0 Å². The largest absolute Gasteiger partial charge is 0.508 e. The maximum atomic E-state index is 11.9. The van der Waals surface area contributed by atoms with E-state index in [4.69, 9.17) is 9.47 Å². The molecule has 0 radical (unpaired) electrons. The van der Waals surface area contributed by atoms with Crippen LogP contribution in [-0.4, -0.2) is 37.4 Å². The fourth-order valence-corrected chi connectivity index (χ4v) is 3.91. The lowest BCUT2D eigenvalue weighted by Gasteiger charge is -2.07. The molecule has 0 aliphatic rings. The molecule has 0 aromatic heterocycles. The van der Waals surface area contributed by atoms with Crippen LogP contribution in [0.4, 0.5) is 0 Å². The number of phenols is 1. The molecule has 34 heavy (non-hydrogen) atoms. The minimum atomic E-state index is 0.204. The Bertz CT molecular complexity index is 576. The summed E-state index contributed by atoms with van der Waals surface area (Å²) in [5, 5.41) is 12.3. The van der Waals surface area contributed by atoms with Crippen molar-refractivity contribution in [1.29, 1.82) is 0 Å². The fraction of sp³-hybridized carbons (Fsp3) is 0.759. The van der Waals surface area contributed by atoms with Gasteiger partial charge < -0.3 is 19.9 Å². The number of aromatic hydroxyl groups is 1. The zero-order valence-corrected chi connectivity index (χ0v) is 21.8. The summed E-state index contributed by atoms with van der Waals surface area (Å²) >= 11 is 0. The highest BCUT2D eigenvalue weighted by Gasteiger charge is 2.01. The molecule has 0 heterocycles. The molecule has 0 saturated carbocycles. The monoisotopic (exact) mass is 477 g/mol.